The van der Waals surface area contributed by atoms with E-state index in [-0.39, 0.29) is 11.3 Å². The Morgan fingerprint density at radius 3 is 2.21 bits per heavy atom. The van der Waals surface area contributed by atoms with E-state index in [2.05, 4.69) is 26.1 Å². The Balaban J connectivity index is 2.48. The molecule has 1 rings (SSSR count). The minimum absolute atomic E-state index is 0.150. The molecule has 2 atom stereocenters. The van der Waals surface area contributed by atoms with Gasteiger partial charge in [-0.25, -0.2) is 8.42 Å². The average molecular weight is 289 g/mol. The van der Waals surface area contributed by atoms with Gasteiger partial charge in [-0.3, -0.25) is 0 Å². The van der Waals surface area contributed by atoms with Crippen molar-refractivity contribution in [3.8, 4) is 0 Å². The van der Waals surface area contributed by atoms with Crippen molar-refractivity contribution < 1.29 is 8.42 Å². The predicted molar refractivity (Wildman–Crippen MR) is 82.1 cm³/mol. The van der Waals surface area contributed by atoms with E-state index in [1.54, 1.807) is 6.92 Å². The van der Waals surface area contributed by atoms with Crippen LogP contribution in [0.25, 0.3) is 0 Å². The molecule has 0 spiro atoms. The van der Waals surface area contributed by atoms with E-state index in [9.17, 15) is 8.42 Å². The van der Waals surface area contributed by atoms with Crippen LogP contribution >= 0.6 is 0 Å². The molecule has 0 amide bonds. The zero-order valence-corrected chi connectivity index (χ0v) is 13.9. The first-order chi connectivity index (χ1) is 8.73. The molecule has 0 heterocycles. The highest BCUT2D eigenvalue weighted by molar-refractivity contribution is 7.91. The van der Waals surface area contributed by atoms with E-state index in [0.717, 1.165) is 13.0 Å². The molecule has 0 aliphatic heterocycles. The predicted octanol–water partition coefficient (Wildman–Crippen LogP) is 3.01. The third kappa shape index (κ3) is 6.75. The topological polar surface area (TPSA) is 46.2 Å². The first kappa shape index (κ1) is 17.0. The molecule has 1 aliphatic rings. The lowest BCUT2D eigenvalue weighted by atomic mass is 9.77. The summed E-state index contributed by atoms with van der Waals surface area (Å²) in [5.41, 5.74) is 0.150. The molecule has 114 valence electrons. The van der Waals surface area contributed by atoms with Crippen molar-refractivity contribution in [3.63, 3.8) is 0 Å². The summed E-state index contributed by atoms with van der Waals surface area (Å²) in [7, 11) is -2.81. The van der Waals surface area contributed by atoms with Gasteiger partial charge in [0, 0.05) is 11.3 Å². The molecule has 19 heavy (non-hydrogen) atoms. The van der Waals surface area contributed by atoms with Gasteiger partial charge in [0.05, 0.1) is 5.75 Å². The number of sulfone groups is 1. The molecule has 1 fully saturated rings. The van der Waals surface area contributed by atoms with E-state index in [4.69, 9.17) is 0 Å². The third-order valence-corrected chi connectivity index (χ3v) is 5.94. The van der Waals surface area contributed by atoms with Crippen LogP contribution in [-0.2, 0) is 9.84 Å². The first-order valence-corrected chi connectivity index (χ1v) is 9.51. The monoisotopic (exact) mass is 289 g/mol. The minimum atomic E-state index is -2.81. The highest BCUT2D eigenvalue weighted by Crippen LogP contribution is 2.32. The van der Waals surface area contributed by atoms with Gasteiger partial charge in [0.1, 0.15) is 9.84 Å². The lowest BCUT2D eigenvalue weighted by Crippen LogP contribution is -2.41. The molecule has 1 aliphatic carbocycles. The fourth-order valence-corrected chi connectivity index (χ4v) is 3.80. The molecular formula is C15H31NO2S. The van der Waals surface area contributed by atoms with E-state index < -0.39 is 9.84 Å². The fraction of sp³-hybridized carbons (Fsp3) is 1.00. The van der Waals surface area contributed by atoms with Gasteiger partial charge in [-0.1, -0.05) is 26.2 Å². The molecule has 0 radical (unpaired) electrons. The van der Waals surface area contributed by atoms with E-state index in [0.29, 0.717) is 17.6 Å². The van der Waals surface area contributed by atoms with Crippen molar-refractivity contribution in [1.82, 2.24) is 5.32 Å². The van der Waals surface area contributed by atoms with Crippen LogP contribution in [0.2, 0.25) is 0 Å². The Morgan fingerprint density at radius 2 is 1.68 bits per heavy atom. The largest absolute Gasteiger partial charge is 0.312 e. The van der Waals surface area contributed by atoms with Crippen LogP contribution in [0.4, 0.5) is 0 Å². The number of hydrogen-bond acceptors (Lipinski definition) is 3. The van der Waals surface area contributed by atoms with Gasteiger partial charge < -0.3 is 5.32 Å². The quantitative estimate of drug-likeness (QED) is 0.817. The Bertz CT molecular complexity index is 357. The van der Waals surface area contributed by atoms with Gasteiger partial charge in [-0.15, -0.1) is 0 Å². The molecular weight excluding hydrogens is 258 g/mol. The molecule has 0 aromatic rings. The summed E-state index contributed by atoms with van der Waals surface area (Å²) in [6, 6.07) is 0. The molecule has 0 aromatic heterocycles. The van der Waals surface area contributed by atoms with Crippen LogP contribution in [0, 0.1) is 11.8 Å². The maximum Gasteiger partial charge on any atom is 0.150 e. The van der Waals surface area contributed by atoms with Crippen molar-refractivity contribution in [3.05, 3.63) is 0 Å². The lowest BCUT2D eigenvalue weighted by molar-refractivity contribution is 0.210. The minimum Gasteiger partial charge on any atom is -0.312 e. The highest BCUT2D eigenvalue weighted by atomic mass is 32.2. The van der Waals surface area contributed by atoms with E-state index >= 15 is 0 Å². The maximum atomic E-state index is 11.7. The molecule has 3 nitrogen and oxygen atoms in total. The normalized spacial score (nSPS) is 25.5. The zero-order chi connectivity index (χ0) is 14.5. The van der Waals surface area contributed by atoms with Crippen LogP contribution in [0.5, 0.6) is 0 Å². The van der Waals surface area contributed by atoms with Crippen LogP contribution in [0.15, 0.2) is 0 Å². The van der Waals surface area contributed by atoms with Crippen molar-refractivity contribution in [1.29, 1.82) is 0 Å². The van der Waals surface area contributed by atoms with Gasteiger partial charge in [0.2, 0.25) is 0 Å². The molecule has 1 N–H and O–H groups in total. The number of hydrogen-bond donors (Lipinski definition) is 1. The summed E-state index contributed by atoms with van der Waals surface area (Å²) in [4.78, 5) is 0. The first-order valence-electron chi connectivity index (χ1n) is 7.69. The zero-order valence-electron chi connectivity index (χ0n) is 13.0. The number of rotatable bonds is 6. The Labute approximate surface area is 119 Å². The lowest BCUT2D eigenvalue weighted by Gasteiger charge is -2.34. The van der Waals surface area contributed by atoms with E-state index in [1.165, 1.54) is 25.7 Å². The van der Waals surface area contributed by atoms with Crippen LogP contribution < -0.4 is 5.32 Å². The van der Waals surface area contributed by atoms with Crippen LogP contribution in [0.1, 0.15) is 59.8 Å². The summed E-state index contributed by atoms with van der Waals surface area (Å²) in [5.74, 6) is 1.90. The SMILES string of the molecule is CCS(=O)(=O)CCC1CCCCC1CNC(C)(C)C. The Hall–Kier alpha value is -0.0900. The maximum absolute atomic E-state index is 11.7. The molecule has 0 bridgehead atoms. The smallest absolute Gasteiger partial charge is 0.150 e. The molecule has 4 heteroatoms. The summed E-state index contributed by atoms with van der Waals surface area (Å²) < 4.78 is 23.3. The second kappa shape index (κ2) is 7.07. The van der Waals surface area contributed by atoms with Crippen LogP contribution in [-0.4, -0.2) is 32.0 Å². The van der Waals surface area contributed by atoms with Gasteiger partial charge in [0.25, 0.3) is 0 Å². The Kier molecular flexibility index (Phi) is 6.31. The Morgan fingerprint density at radius 1 is 1.11 bits per heavy atom. The molecule has 1 saturated carbocycles. The number of nitrogens with one attached hydrogen (secondary N) is 1. The molecule has 0 saturated heterocycles. The van der Waals surface area contributed by atoms with Crippen molar-refractivity contribution in [2.75, 3.05) is 18.1 Å². The second-order valence-electron chi connectivity index (χ2n) is 6.96. The molecule has 0 aromatic carbocycles. The summed E-state index contributed by atoms with van der Waals surface area (Å²) in [5, 5.41) is 3.58. The van der Waals surface area contributed by atoms with Gasteiger partial charge >= 0.3 is 0 Å². The summed E-state index contributed by atoms with van der Waals surface area (Å²) in [6.45, 7) is 9.33. The van der Waals surface area contributed by atoms with Crippen molar-refractivity contribution in [2.45, 2.75) is 65.3 Å². The van der Waals surface area contributed by atoms with Crippen LogP contribution in [0.3, 0.4) is 0 Å². The van der Waals surface area contributed by atoms with Crippen molar-refractivity contribution >= 4 is 9.84 Å². The summed E-state index contributed by atoms with van der Waals surface area (Å²) >= 11 is 0. The fourth-order valence-electron chi connectivity index (χ4n) is 2.85. The molecule has 2 unspecified atom stereocenters. The van der Waals surface area contributed by atoms with Gasteiger partial charge in [-0.2, -0.15) is 0 Å². The van der Waals surface area contributed by atoms with E-state index in [1.807, 2.05) is 0 Å². The third-order valence-electron chi connectivity index (χ3n) is 4.20. The summed E-state index contributed by atoms with van der Waals surface area (Å²) in [6.07, 6.45) is 5.87. The standard InChI is InChI=1S/C15H31NO2S/c1-5-19(17,18)11-10-13-8-6-7-9-14(13)12-16-15(2,3)4/h13-14,16H,5-12H2,1-4H3. The second-order valence-corrected chi connectivity index (χ2v) is 9.43. The highest BCUT2D eigenvalue weighted by Gasteiger charge is 2.27. The van der Waals surface area contributed by atoms with Gasteiger partial charge in [0.15, 0.2) is 0 Å². The average Bonchev–Trinajstić information content (AvgIpc) is 2.34. The van der Waals surface area contributed by atoms with Gasteiger partial charge in [-0.05, 0) is 52.0 Å². The van der Waals surface area contributed by atoms with Crippen molar-refractivity contribution in [2.24, 2.45) is 11.8 Å².